The zero-order chi connectivity index (χ0) is 22.1. The Kier molecular flexibility index (Phi) is 10.2. The molecule has 0 radical (unpaired) electrons. The number of esters is 1. The number of ether oxygens (including phenoxy) is 3. The standard InChI is InChI=1S/C27H48O4/c1-4-6-8-10-22-11-15-23(16-12-22)25-29-19-27(3,20-30-25)26(28)31-24-17-13-21(14-18-24)9-7-5-2/h21-25H,4-20H2,1-3H3. The molecule has 0 aromatic heterocycles. The molecule has 180 valence electrons. The second kappa shape index (κ2) is 12.6. The lowest BCUT2D eigenvalue weighted by molar-refractivity contribution is -0.254. The number of carbonyl (C=O) groups is 1. The molecule has 0 aromatic rings. The van der Waals surface area contributed by atoms with Crippen LogP contribution in [-0.4, -0.2) is 31.6 Å². The summed E-state index contributed by atoms with van der Waals surface area (Å²) < 4.78 is 18.2. The van der Waals surface area contributed by atoms with Crippen LogP contribution in [0.4, 0.5) is 0 Å². The van der Waals surface area contributed by atoms with Gasteiger partial charge in [0.1, 0.15) is 11.5 Å². The van der Waals surface area contributed by atoms with Gasteiger partial charge < -0.3 is 14.2 Å². The largest absolute Gasteiger partial charge is 0.462 e. The molecule has 0 spiro atoms. The smallest absolute Gasteiger partial charge is 0.316 e. The van der Waals surface area contributed by atoms with Gasteiger partial charge in [-0.2, -0.15) is 0 Å². The van der Waals surface area contributed by atoms with Gasteiger partial charge in [0.15, 0.2) is 6.29 Å². The summed E-state index contributed by atoms with van der Waals surface area (Å²) in [5.41, 5.74) is -0.660. The first-order valence-electron chi connectivity index (χ1n) is 13.5. The molecule has 1 heterocycles. The monoisotopic (exact) mass is 436 g/mol. The van der Waals surface area contributed by atoms with E-state index in [0.717, 1.165) is 24.7 Å². The van der Waals surface area contributed by atoms with Crippen molar-refractivity contribution in [1.82, 2.24) is 0 Å². The van der Waals surface area contributed by atoms with Crippen molar-refractivity contribution in [2.24, 2.45) is 23.2 Å². The van der Waals surface area contributed by atoms with Gasteiger partial charge in [-0.25, -0.2) is 0 Å². The molecule has 0 unspecified atom stereocenters. The first-order valence-corrected chi connectivity index (χ1v) is 13.5. The summed E-state index contributed by atoms with van der Waals surface area (Å²) in [5, 5.41) is 0. The summed E-state index contributed by atoms with van der Waals surface area (Å²) in [6.45, 7) is 7.34. The van der Waals surface area contributed by atoms with E-state index in [1.807, 2.05) is 6.92 Å². The Balaban J connectivity index is 1.35. The molecular weight excluding hydrogens is 388 g/mol. The van der Waals surface area contributed by atoms with E-state index in [1.165, 1.54) is 83.5 Å². The molecule has 4 nitrogen and oxygen atoms in total. The van der Waals surface area contributed by atoms with Crippen LogP contribution in [0.15, 0.2) is 0 Å². The molecule has 0 bridgehead atoms. The third kappa shape index (κ3) is 7.45. The first kappa shape index (κ1) is 25.0. The van der Waals surface area contributed by atoms with Gasteiger partial charge in [-0.05, 0) is 70.1 Å². The lowest BCUT2D eigenvalue weighted by Crippen LogP contribution is -2.49. The fourth-order valence-electron chi connectivity index (χ4n) is 5.77. The Hall–Kier alpha value is -0.610. The van der Waals surface area contributed by atoms with Gasteiger partial charge in [-0.3, -0.25) is 4.79 Å². The molecule has 2 aliphatic carbocycles. The van der Waals surface area contributed by atoms with Gasteiger partial charge in [0.05, 0.1) is 13.2 Å². The summed E-state index contributed by atoms with van der Waals surface area (Å²) in [7, 11) is 0. The molecule has 1 aliphatic heterocycles. The minimum Gasteiger partial charge on any atom is -0.462 e. The highest BCUT2D eigenvalue weighted by molar-refractivity contribution is 5.77. The summed E-state index contributed by atoms with van der Waals surface area (Å²) in [6, 6.07) is 0. The first-order chi connectivity index (χ1) is 15.0. The Bertz CT molecular complexity index is 509. The van der Waals surface area contributed by atoms with Gasteiger partial charge in [0, 0.05) is 5.92 Å². The molecule has 3 aliphatic rings. The zero-order valence-electron chi connectivity index (χ0n) is 20.5. The molecule has 0 atom stereocenters. The predicted molar refractivity (Wildman–Crippen MR) is 125 cm³/mol. The molecule has 3 rings (SSSR count). The van der Waals surface area contributed by atoms with E-state index < -0.39 is 5.41 Å². The highest BCUT2D eigenvalue weighted by Crippen LogP contribution is 2.38. The van der Waals surface area contributed by atoms with Crippen LogP contribution in [0.25, 0.3) is 0 Å². The Morgan fingerprint density at radius 1 is 0.806 bits per heavy atom. The molecule has 2 saturated carbocycles. The Labute approximate surface area is 191 Å². The molecular formula is C27H48O4. The van der Waals surface area contributed by atoms with Crippen molar-refractivity contribution in [1.29, 1.82) is 0 Å². The van der Waals surface area contributed by atoms with E-state index in [0.29, 0.717) is 19.1 Å². The van der Waals surface area contributed by atoms with Crippen LogP contribution < -0.4 is 0 Å². The van der Waals surface area contributed by atoms with Crippen molar-refractivity contribution in [3.05, 3.63) is 0 Å². The zero-order valence-corrected chi connectivity index (χ0v) is 20.5. The van der Waals surface area contributed by atoms with Crippen molar-refractivity contribution in [3.63, 3.8) is 0 Å². The molecule has 0 N–H and O–H groups in total. The molecule has 1 saturated heterocycles. The van der Waals surface area contributed by atoms with E-state index in [4.69, 9.17) is 14.2 Å². The number of hydrogen-bond donors (Lipinski definition) is 0. The van der Waals surface area contributed by atoms with E-state index >= 15 is 0 Å². The topological polar surface area (TPSA) is 44.8 Å². The fourth-order valence-corrected chi connectivity index (χ4v) is 5.77. The van der Waals surface area contributed by atoms with Gasteiger partial charge in [0.25, 0.3) is 0 Å². The number of rotatable bonds is 10. The van der Waals surface area contributed by atoms with Crippen LogP contribution in [0.2, 0.25) is 0 Å². The lowest BCUT2D eigenvalue weighted by Gasteiger charge is -2.41. The third-order valence-electron chi connectivity index (χ3n) is 8.15. The summed E-state index contributed by atoms with van der Waals surface area (Å²) in [4.78, 5) is 12.9. The van der Waals surface area contributed by atoms with Crippen molar-refractivity contribution < 1.29 is 19.0 Å². The lowest BCUT2D eigenvalue weighted by atomic mass is 9.79. The van der Waals surface area contributed by atoms with Gasteiger partial charge >= 0.3 is 5.97 Å². The quantitative estimate of drug-likeness (QED) is 0.272. The van der Waals surface area contributed by atoms with Crippen molar-refractivity contribution in [2.45, 2.75) is 129 Å². The Morgan fingerprint density at radius 2 is 1.35 bits per heavy atom. The fraction of sp³-hybridized carbons (Fsp3) is 0.963. The average molecular weight is 437 g/mol. The average Bonchev–Trinajstić information content (AvgIpc) is 2.80. The minimum atomic E-state index is -0.660. The van der Waals surface area contributed by atoms with Crippen molar-refractivity contribution >= 4 is 5.97 Å². The van der Waals surface area contributed by atoms with E-state index in [-0.39, 0.29) is 18.4 Å². The van der Waals surface area contributed by atoms with Crippen molar-refractivity contribution in [3.8, 4) is 0 Å². The van der Waals surface area contributed by atoms with Crippen LogP contribution in [-0.2, 0) is 19.0 Å². The van der Waals surface area contributed by atoms with Gasteiger partial charge in [0.2, 0.25) is 0 Å². The van der Waals surface area contributed by atoms with Crippen LogP contribution >= 0.6 is 0 Å². The van der Waals surface area contributed by atoms with Crippen LogP contribution in [0.5, 0.6) is 0 Å². The molecule has 4 heteroatoms. The van der Waals surface area contributed by atoms with E-state index in [2.05, 4.69) is 13.8 Å². The summed E-state index contributed by atoms with van der Waals surface area (Å²) in [6.07, 6.45) is 18.7. The van der Waals surface area contributed by atoms with Crippen LogP contribution in [0.3, 0.4) is 0 Å². The van der Waals surface area contributed by atoms with Crippen LogP contribution in [0, 0.1) is 23.2 Å². The highest BCUT2D eigenvalue weighted by Gasteiger charge is 2.44. The molecule has 0 aromatic carbocycles. The maximum absolute atomic E-state index is 12.9. The highest BCUT2D eigenvalue weighted by atomic mass is 16.7. The Morgan fingerprint density at radius 3 is 1.94 bits per heavy atom. The second-order valence-electron chi connectivity index (χ2n) is 11.0. The number of hydrogen-bond acceptors (Lipinski definition) is 4. The van der Waals surface area contributed by atoms with Crippen LogP contribution in [0.1, 0.15) is 117 Å². The summed E-state index contributed by atoms with van der Waals surface area (Å²) in [5.74, 6) is 2.09. The maximum atomic E-state index is 12.9. The molecule has 3 fully saturated rings. The van der Waals surface area contributed by atoms with E-state index in [1.54, 1.807) is 0 Å². The summed E-state index contributed by atoms with van der Waals surface area (Å²) >= 11 is 0. The van der Waals surface area contributed by atoms with Gasteiger partial charge in [-0.15, -0.1) is 0 Å². The SMILES string of the molecule is CCCCCC1CCC(C2OCC(C)(C(=O)OC3CCC(CCCC)CC3)CO2)CC1. The molecule has 0 amide bonds. The van der Waals surface area contributed by atoms with E-state index in [9.17, 15) is 4.79 Å². The predicted octanol–water partition coefficient (Wildman–Crippen LogP) is 7.04. The second-order valence-corrected chi connectivity index (χ2v) is 11.0. The maximum Gasteiger partial charge on any atom is 0.316 e. The third-order valence-corrected chi connectivity index (χ3v) is 8.15. The number of carbonyl (C=O) groups excluding carboxylic acids is 1. The normalized spacial score (nSPS) is 36.8. The minimum absolute atomic E-state index is 0.0860. The molecule has 31 heavy (non-hydrogen) atoms. The van der Waals surface area contributed by atoms with Crippen molar-refractivity contribution in [2.75, 3.05) is 13.2 Å². The number of unbranched alkanes of at least 4 members (excludes halogenated alkanes) is 3. The van der Waals surface area contributed by atoms with Gasteiger partial charge in [-0.1, -0.05) is 58.8 Å².